The molecule has 122 valence electrons. The molecule has 1 saturated heterocycles. The second kappa shape index (κ2) is 7.18. The first-order chi connectivity index (χ1) is 11.0. The van der Waals surface area contributed by atoms with Crippen LogP contribution in [-0.4, -0.2) is 41.5 Å². The maximum Gasteiger partial charge on any atom is 0.228 e. The summed E-state index contributed by atoms with van der Waals surface area (Å²) in [5.41, 5.74) is 1.63. The SMILES string of the molecule is CC1CN(C(=O)Cc2csc(-c3ccc(Cl)cc3Cl)n2)CCN1. The molecule has 0 aliphatic carbocycles. The average molecular weight is 370 g/mol. The molecule has 0 spiro atoms. The molecule has 2 heterocycles. The lowest BCUT2D eigenvalue weighted by Crippen LogP contribution is -2.51. The van der Waals surface area contributed by atoms with E-state index in [2.05, 4.69) is 17.2 Å². The fourth-order valence-corrected chi connectivity index (χ4v) is 4.01. The molecule has 1 atom stereocenters. The van der Waals surface area contributed by atoms with Crippen LogP contribution in [0.1, 0.15) is 12.6 Å². The van der Waals surface area contributed by atoms with Gasteiger partial charge in [0, 0.05) is 41.6 Å². The molecule has 4 nitrogen and oxygen atoms in total. The van der Waals surface area contributed by atoms with E-state index in [-0.39, 0.29) is 5.91 Å². The number of piperazine rings is 1. The minimum Gasteiger partial charge on any atom is -0.340 e. The van der Waals surface area contributed by atoms with Crippen LogP contribution >= 0.6 is 34.5 Å². The third kappa shape index (κ3) is 4.04. The Morgan fingerprint density at radius 1 is 1.48 bits per heavy atom. The zero-order chi connectivity index (χ0) is 16.4. The van der Waals surface area contributed by atoms with E-state index >= 15 is 0 Å². The molecular weight excluding hydrogens is 353 g/mol. The van der Waals surface area contributed by atoms with Gasteiger partial charge < -0.3 is 10.2 Å². The average Bonchev–Trinajstić information content (AvgIpc) is 2.95. The molecule has 0 bridgehead atoms. The quantitative estimate of drug-likeness (QED) is 0.900. The van der Waals surface area contributed by atoms with Gasteiger partial charge in [-0.1, -0.05) is 23.2 Å². The first kappa shape index (κ1) is 16.7. The molecule has 7 heteroatoms. The highest BCUT2D eigenvalue weighted by Crippen LogP contribution is 2.32. The number of aromatic nitrogens is 1. The van der Waals surface area contributed by atoms with E-state index in [1.165, 1.54) is 11.3 Å². The molecule has 0 saturated carbocycles. The number of hydrogen-bond acceptors (Lipinski definition) is 4. The van der Waals surface area contributed by atoms with E-state index in [0.29, 0.717) is 22.5 Å². The van der Waals surface area contributed by atoms with Crippen LogP contribution in [0.15, 0.2) is 23.6 Å². The third-order valence-electron chi connectivity index (χ3n) is 3.77. The lowest BCUT2D eigenvalue weighted by molar-refractivity contribution is -0.131. The van der Waals surface area contributed by atoms with Gasteiger partial charge >= 0.3 is 0 Å². The molecule has 1 aliphatic rings. The van der Waals surface area contributed by atoms with Crippen molar-refractivity contribution >= 4 is 40.4 Å². The highest BCUT2D eigenvalue weighted by Gasteiger charge is 2.21. The van der Waals surface area contributed by atoms with Gasteiger partial charge in [-0.3, -0.25) is 4.79 Å². The van der Waals surface area contributed by atoms with Gasteiger partial charge in [0.1, 0.15) is 5.01 Å². The van der Waals surface area contributed by atoms with Crippen LogP contribution in [0, 0.1) is 0 Å². The molecule has 1 N–H and O–H groups in total. The van der Waals surface area contributed by atoms with Crippen molar-refractivity contribution in [3.8, 4) is 10.6 Å². The Labute approximate surface area is 149 Å². The van der Waals surface area contributed by atoms with Crippen LogP contribution in [0.2, 0.25) is 10.0 Å². The van der Waals surface area contributed by atoms with Gasteiger partial charge in [-0.05, 0) is 25.1 Å². The maximum atomic E-state index is 12.4. The van der Waals surface area contributed by atoms with Gasteiger partial charge in [0.15, 0.2) is 0 Å². The topological polar surface area (TPSA) is 45.2 Å². The van der Waals surface area contributed by atoms with E-state index in [1.54, 1.807) is 12.1 Å². The highest BCUT2D eigenvalue weighted by molar-refractivity contribution is 7.13. The number of hydrogen-bond donors (Lipinski definition) is 1. The van der Waals surface area contributed by atoms with E-state index in [1.807, 2.05) is 16.3 Å². The number of nitrogens with zero attached hydrogens (tertiary/aromatic N) is 2. The predicted octanol–water partition coefficient (Wildman–Crippen LogP) is 3.48. The van der Waals surface area contributed by atoms with E-state index in [4.69, 9.17) is 23.2 Å². The Morgan fingerprint density at radius 3 is 3.04 bits per heavy atom. The zero-order valence-electron chi connectivity index (χ0n) is 12.7. The number of amides is 1. The second-order valence-corrected chi connectivity index (χ2v) is 7.34. The molecule has 3 rings (SSSR count). The van der Waals surface area contributed by atoms with Crippen molar-refractivity contribution in [2.75, 3.05) is 19.6 Å². The molecule has 1 unspecified atom stereocenters. The Hall–Kier alpha value is -1.14. The lowest BCUT2D eigenvalue weighted by atomic mass is 10.2. The highest BCUT2D eigenvalue weighted by atomic mass is 35.5. The Kier molecular flexibility index (Phi) is 5.21. The summed E-state index contributed by atoms with van der Waals surface area (Å²) < 4.78 is 0. The predicted molar refractivity (Wildman–Crippen MR) is 95.3 cm³/mol. The second-order valence-electron chi connectivity index (χ2n) is 5.64. The van der Waals surface area contributed by atoms with Crippen molar-refractivity contribution in [2.24, 2.45) is 0 Å². The van der Waals surface area contributed by atoms with Crippen LogP contribution in [0.4, 0.5) is 0 Å². The smallest absolute Gasteiger partial charge is 0.228 e. The standard InChI is InChI=1S/C16H17Cl2N3OS/c1-10-8-21(5-4-19-10)15(22)7-12-9-23-16(20-12)13-3-2-11(17)6-14(13)18/h2-3,6,9-10,19H,4-5,7-8H2,1H3. The van der Waals surface area contributed by atoms with Crippen LogP contribution in [0.25, 0.3) is 10.6 Å². The molecule has 23 heavy (non-hydrogen) atoms. The van der Waals surface area contributed by atoms with Gasteiger partial charge in [0.25, 0.3) is 0 Å². The van der Waals surface area contributed by atoms with Gasteiger partial charge in [0.2, 0.25) is 5.91 Å². The summed E-state index contributed by atoms with van der Waals surface area (Å²) in [5, 5.41) is 7.23. The van der Waals surface area contributed by atoms with Crippen molar-refractivity contribution in [2.45, 2.75) is 19.4 Å². The molecule has 2 aromatic rings. The van der Waals surface area contributed by atoms with Crippen LogP contribution < -0.4 is 5.32 Å². The van der Waals surface area contributed by atoms with Crippen LogP contribution in [0.5, 0.6) is 0 Å². The minimum atomic E-state index is 0.123. The van der Waals surface area contributed by atoms with Crippen molar-refractivity contribution in [1.82, 2.24) is 15.2 Å². The first-order valence-corrected chi connectivity index (χ1v) is 9.07. The van der Waals surface area contributed by atoms with Crippen molar-refractivity contribution in [1.29, 1.82) is 0 Å². The van der Waals surface area contributed by atoms with E-state index < -0.39 is 0 Å². The lowest BCUT2D eigenvalue weighted by Gasteiger charge is -2.31. The van der Waals surface area contributed by atoms with Gasteiger partial charge in [-0.2, -0.15) is 0 Å². The fraction of sp³-hybridized carbons (Fsp3) is 0.375. The van der Waals surface area contributed by atoms with Crippen LogP contribution in [0.3, 0.4) is 0 Å². The third-order valence-corrected chi connectivity index (χ3v) is 5.24. The summed E-state index contributed by atoms with van der Waals surface area (Å²) in [5.74, 6) is 0.123. The molecule has 1 aromatic heterocycles. The van der Waals surface area contributed by atoms with E-state index in [0.717, 1.165) is 35.9 Å². The molecule has 1 aliphatic heterocycles. The number of halogens is 2. The maximum absolute atomic E-state index is 12.4. The molecule has 1 aromatic carbocycles. The summed E-state index contributed by atoms with van der Waals surface area (Å²) in [4.78, 5) is 18.8. The summed E-state index contributed by atoms with van der Waals surface area (Å²) in [6.07, 6.45) is 0.328. The number of rotatable bonds is 3. The molecule has 1 fully saturated rings. The number of thiazole rings is 1. The van der Waals surface area contributed by atoms with E-state index in [9.17, 15) is 4.79 Å². The van der Waals surface area contributed by atoms with Crippen molar-refractivity contribution < 1.29 is 4.79 Å². The van der Waals surface area contributed by atoms with Crippen molar-refractivity contribution in [3.05, 3.63) is 39.3 Å². The van der Waals surface area contributed by atoms with Crippen molar-refractivity contribution in [3.63, 3.8) is 0 Å². The fourth-order valence-electron chi connectivity index (χ4n) is 2.60. The van der Waals surface area contributed by atoms with Crippen LogP contribution in [-0.2, 0) is 11.2 Å². The Bertz CT molecular complexity index is 719. The number of carbonyl (C=O) groups excluding carboxylic acids is 1. The zero-order valence-corrected chi connectivity index (χ0v) is 15.0. The number of carbonyl (C=O) groups is 1. The first-order valence-electron chi connectivity index (χ1n) is 7.44. The minimum absolute atomic E-state index is 0.123. The van der Waals surface area contributed by atoms with Gasteiger partial charge in [0.05, 0.1) is 17.1 Å². The number of nitrogens with one attached hydrogen (secondary N) is 1. The van der Waals surface area contributed by atoms with Gasteiger partial charge in [-0.25, -0.2) is 4.98 Å². The number of benzene rings is 1. The molecule has 1 amide bonds. The monoisotopic (exact) mass is 369 g/mol. The normalized spacial score (nSPS) is 18.2. The summed E-state index contributed by atoms with van der Waals surface area (Å²) in [6, 6.07) is 5.68. The summed E-state index contributed by atoms with van der Waals surface area (Å²) in [7, 11) is 0. The Morgan fingerprint density at radius 2 is 2.30 bits per heavy atom. The Balaban J connectivity index is 1.70. The van der Waals surface area contributed by atoms with Gasteiger partial charge in [-0.15, -0.1) is 11.3 Å². The largest absolute Gasteiger partial charge is 0.340 e. The summed E-state index contributed by atoms with van der Waals surface area (Å²) >= 11 is 13.6. The summed E-state index contributed by atoms with van der Waals surface area (Å²) in [6.45, 7) is 4.43. The molecular formula is C16H17Cl2N3OS. The molecule has 0 radical (unpaired) electrons.